The second-order valence-electron chi connectivity index (χ2n) is 5.49. The quantitative estimate of drug-likeness (QED) is 0.725. The fourth-order valence-corrected chi connectivity index (χ4v) is 4.65. The van der Waals surface area contributed by atoms with Crippen LogP contribution in [-0.2, 0) is 0 Å². The largest absolute Gasteiger partial charge is 0.312 e. The van der Waals surface area contributed by atoms with Crippen LogP contribution in [0.25, 0.3) is 0 Å². The molecule has 1 aromatic rings. The SMILES string of the molecule is CNC(CC1CCCCCC1)c1cc(Br)c(C)s1. The third-order valence-corrected chi connectivity index (χ3v) is 6.36. The van der Waals surface area contributed by atoms with Gasteiger partial charge in [0.2, 0.25) is 0 Å². The zero-order valence-corrected chi connectivity index (χ0v) is 13.9. The molecular formula is C15H24BrNS. The molecule has 0 bridgehead atoms. The average Bonchev–Trinajstić information content (AvgIpc) is 2.59. The topological polar surface area (TPSA) is 12.0 Å². The fraction of sp³-hybridized carbons (Fsp3) is 0.733. The maximum Gasteiger partial charge on any atom is 0.0415 e. The van der Waals surface area contributed by atoms with Crippen LogP contribution in [-0.4, -0.2) is 7.05 Å². The second-order valence-corrected chi connectivity index (χ2v) is 7.63. The number of hydrogen-bond donors (Lipinski definition) is 1. The van der Waals surface area contributed by atoms with E-state index in [2.05, 4.69) is 41.3 Å². The van der Waals surface area contributed by atoms with Crippen LogP contribution in [0.15, 0.2) is 10.5 Å². The Morgan fingerprint density at radius 2 is 2.00 bits per heavy atom. The van der Waals surface area contributed by atoms with Crippen molar-refractivity contribution in [3.05, 3.63) is 20.3 Å². The summed E-state index contributed by atoms with van der Waals surface area (Å²) < 4.78 is 1.27. The van der Waals surface area contributed by atoms with Gasteiger partial charge in [0.05, 0.1) is 0 Å². The third-order valence-electron chi connectivity index (χ3n) is 4.11. The van der Waals surface area contributed by atoms with Crippen LogP contribution in [0, 0.1) is 12.8 Å². The summed E-state index contributed by atoms with van der Waals surface area (Å²) in [5.41, 5.74) is 0. The van der Waals surface area contributed by atoms with E-state index in [0.29, 0.717) is 6.04 Å². The van der Waals surface area contributed by atoms with Crippen LogP contribution in [0.5, 0.6) is 0 Å². The molecule has 0 radical (unpaired) electrons. The number of nitrogens with one attached hydrogen (secondary N) is 1. The van der Waals surface area contributed by atoms with Crippen LogP contribution >= 0.6 is 27.3 Å². The molecule has 0 saturated heterocycles. The van der Waals surface area contributed by atoms with Gasteiger partial charge in [0.15, 0.2) is 0 Å². The summed E-state index contributed by atoms with van der Waals surface area (Å²) in [4.78, 5) is 2.89. The summed E-state index contributed by atoms with van der Waals surface area (Å²) >= 11 is 5.57. The summed E-state index contributed by atoms with van der Waals surface area (Å²) in [5, 5.41) is 3.52. The van der Waals surface area contributed by atoms with Crippen LogP contribution in [0.4, 0.5) is 0 Å². The first-order chi connectivity index (χ1) is 8.70. The van der Waals surface area contributed by atoms with E-state index in [4.69, 9.17) is 0 Å². The van der Waals surface area contributed by atoms with Crippen LogP contribution in [0.3, 0.4) is 0 Å². The average molecular weight is 330 g/mol. The van der Waals surface area contributed by atoms with E-state index in [1.807, 2.05) is 11.3 Å². The van der Waals surface area contributed by atoms with Gasteiger partial charge >= 0.3 is 0 Å². The van der Waals surface area contributed by atoms with E-state index in [0.717, 1.165) is 5.92 Å². The van der Waals surface area contributed by atoms with Gasteiger partial charge in [-0.25, -0.2) is 0 Å². The molecule has 1 aliphatic rings. The number of aryl methyl sites for hydroxylation is 1. The zero-order valence-electron chi connectivity index (χ0n) is 11.5. The number of hydrogen-bond acceptors (Lipinski definition) is 2. The first kappa shape index (κ1) is 14.5. The Bertz CT molecular complexity index is 347. The Balaban J connectivity index is 1.99. The van der Waals surface area contributed by atoms with Crippen LogP contribution in [0.1, 0.15) is 60.7 Å². The predicted molar refractivity (Wildman–Crippen MR) is 84.4 cm³/mol. The highest BCUT2D eigenvalue weighted by Crippen LogP contribution is 2.36. The van der Waals surface area contributed by atoms with E-state index in [9.17, 15) is 0 Å². The molecule has 1 aliphatic carbocycles. The highest BCUT2D eigenvalue weighted by atomic mass is 79.9. The molecule has 0 aromatic carbocycles. The molecule has 1 N–H and O–H groups in total. The molecule has 1 nitrogen and oxygen atoms in total. The smallest absolute Gasteiger partial charge is 0.0415 e. The first-order valence-electron chi connectivity index (χ1n) is 7.13. The lowest BCUT2D eigenvalue weighted by Gasteiger charge is -2.21. The van der Waals surface area contributed by atoms with E-state index in [1.165, 1.54) is 59.2 Å². The van der Waals surface area contributed by atoms with Gasteiger partial charge in [-0.3, -0.25) is 0 Å². The van der Waals surface area contributed by atoms with Crippen molar-refractivity contribution < 1.29 is 0 Å². The standard InChI is InChI=1S/C15H24BrNS/c1-11-13(16)10-15(18-11)14(17-2)9-12-7-5-3-4-6-8-12/h10,12,14,17H,3-9H2,1-2H3. The molecule has 18 heavy (non-hydrogen) atoms. The lowest BCUT2D eigenvalue weighted by molar-refractivity contribution is 0.370. The Morgan fingerprint density at radius 1 is 1.33 bits per heavy atom. The molecule has 1 atom stereocenters. The molecule has 2 rings (SSSR count). The van der Waals surface area contributed by atoms with Gasteiger partial charge in [0.25, 0.3) is 0 Å². The molecular weight excluding hydrogens is 306 g/mol. The van der Waals surface area contributed by atoms with E-state index >= 15 is 0 Å². The maximum atomic E-state index is 3.63. The lowest BCUT2D eigenvalue weighted by Crippen LogP contribution is -2.19. The van der Waals surface area contributed by atoms with Crippen molar-refractivity contribution in [2.24, 2.45) is 5.92 Å². The van der Waals surface area contributed by atoms with Crippen molar-refractivity contribution >= 4 is 27.3 Å². The molecule has 1 saturated carbocycles. The monoisotopic (exact) mass is 329 g/mol. The maximum absolute atomic E-state index is 3.63. The second kappa shape index (κ2) is 7.06. The number of rotatable bonds is 4. The van der Waals surface area contributed by atoms with Crippen LogP contribution < -0.4 is 5.32 Å². The molecule has 1 heterocycles. The number of thiophene rings is 1. The highest BCUT2D eigenvalue weighted by Gasteiger charge is 2.20. The molecule has 102 valence electrons. The first-order valence-corrected chi connectivity index (χ1v) is 8.74. The summed E-state index contributed by atoms with van der Waals surface area (Å²) in [6.45, 7) is 2.19. The van der Waals surface area contributed by atoms with Crippen molar-refractivity contribution in [3.63, 3.8) is 0 Å². The Labute approximate surface area is 123 Å². The normalized spacial score (nSPS) is 19.7. The molecule has 0 aliphatic heterocycles. The summed E-state index contributed by atoms with van der Waals surface area (Å²) in [6, 6.07) is 2.85. The van der Waals surface area contributed by atoms with Gasteiger partial charge in [-0.15, -0.1) is 11.3 Å². The van der Waals surface area contributed by atoms with Crippen LogP contribution in [0.2, 0.25) is 0 Å². The zero-order chi connectivity index (χ0) is 13.0. The predicted octanol–water partition coefficient (Wildman–Crippen LogP) is 5.44. The van der Waals surface area contributed by atoms with Gasteiger partial charge in [-0.2, -0.15) is 0 Å². The van der Waals surface area contributed by atoms with Crippen molar-refractivity contribution in [2.45, 2.75) is 57.9 Å². The Kier molecular flexibility index (Phi) is 5.71. The van der Waals surface area contributed by atoms with Crippen molar-refractivity contribution in [1.29, 1.82) is 0 Å². The Morgan fingerprint density at radius 3 is 2.50 bits per heavy atom. The van der Waals surface area contributed by atoms with Gasteiger partial charge in [0, 0.05) is 20.3 Å². The minimum absolute atomic E-state index is 0.545. The minimum atomic E-state index is 0.545. The Hall–Kier alpha value is 0.140. The van der Waals surface area contributed by atoms with Gasteiger partial charge in [0.1, 0.15) is 0 Å². The number of halogens is 1. The fourth-order valence-electron chi connectivity index (χ4n) is 2.96. The summed E-state index contributed by atoms with van der Waals surface area (Å²) in [6.07, 6.45) is 9.95. The van der Waals surface area contributed by atoms with Crippen molar-refractivity contribution in [3.8, 4) is 0 Å². The highest BCUT2D eigenvalue weighted by molar-refractivity contribution is 9.10. The van der Waals surface area contributed by atoms with Gasteiger partial charge < -0.3 is 5.32 Å². The van der Waals surface area contributed by atoms with Gasteiger partial charge in [-0.1, -0.05) is 38.5 Å². The third kappa shape index (κ3) is 3.82. The molecule has 1 fully saturated rings. The molecule has 0 spiro atoms. The van der Waals surface area contributed by atoms with E-state index in [-0.39, 0.29) is 0 Å². The molecule has 1 aromatic heterocycles. The minimum Gasteiger partial charge on any atom is -0.312 e. The molecule has 0 amide bonds. The molecule has 1 unspecified atom stereocenters. The molecule has 3 heteroatoms. The van der Waals surface area contributed by atoms with Crippen molar-refractivity contribution in [1.82, 2.24) is 5.32 Å². The van der Waals surface area contributed by atoms with E-state index in [1.54, 1.807) is 0 Å². The van der Waals surface area contributed by atoms with Crippen molar-refractivity contribution in [2.75, 3.05) is 7.05 Å². The lowest BCUT2D eigenvalue weighted by atomic mass is 9.92. The van der Waals surface area contributed by atoms with E-state index < -0.39 is 0 Å². The summed E-state index contributed by atoms with van der Waals surface area (Å²) in [5.74, 6) is 0.922. The summed E-state index contributed by atoms with van der Waals surface area (Å²) in [7, 11) is 2.10. The van der Waals surface area contributed by atoms with Gasteiger partial charge in [-0.05, 0) is 48.3 Å².